The fraction of sp³-hybridized carbons (Fsp3) is 0.174. The number of ether oxygens (including phenoxy) is 1. The Morgan fingerprint density at radius 3 is 2.80 bits per heavy atom. The zero-order chi connectivity index (χ0) is 24.5. The van der Waals surface area contributed by atoms with Crippen molar-refractivity contribution >= 4 is 40.4 Å². The molecule has 3 aromatic heterocycles. The predicted molar refractivity (Wildman–Crippen MR) is 125 cm³/mol. The summed E-state index contributed by atoms with van der Waals surface area (Å²) in [5.74, 6) is -1.61. The molecular weight excluding hydrogens is 475 g/mol. The monoisotopic (exact) mass is 494 g/mol. The molecule has 1 aliphatic heterocycles. The standard InChI is InChI=1S/C23H19FN6O4S/c1-12-2-4-14(35-12)9-26-23(33)18-7-17(29-21-15(24)10-27-30(18)21)22(32)25-8-13-3-5-19-16(6-13)28-20(31)11-34-19/h2-7,10H,8-9,11H2,1H3,(H,25,32)(H,26,33)(H,28,31). The number of nitrogens with zero attached hydrogens (tertiary/aromatic N) is 3. The fourth-order valence-electron chi connectivity index (χ4n) is 3.57. The Bertz CT molecular complexity index is 1480. The number of nitrogens with one attached hydrogen (secondary N) is 3. The Morgan fingerprint density at radius 2 is 2.00 bits per heavy atom. The van der Waals surface area contributed by atoms with Crippen molar-refractivity contribution in [1.82, 2.24) is 25.2 Å². The quantitative estimate of drug-likeness (QED) is 0.378. The lowest BCUT2D eigenvalue weighted by Crippen LogP contribution is -2.28. The zero-order valence-electron chi connectivity index (χ0n) is 18.4. The molecule has 12 heteroatoms. The number of hydrogen-bond donors (Lipinski definition) is 3. The molecule has 0 spiro atoms. The van der Waals surface area contributed by atoms with Gasteiger partial charge in [-0.3, -0.25) is 14.4 Å². The molecule has 10 nitrogen and oxygen atoms in total. The number of amides is 3. The van der Waals surface area contributed by atoms with E-state index in [1.54, 1.807) is 29.5 Å². The summed E-state index contributed by atoms with van der Waals surface area (Å²) < 4.78 is 20.7. The van der Waals surface area contributed by atoms with Gasteiger partial charge < -0.3 is 20.7 Å². The first-order valence-electron chi connectivity index (χ1n) is 10.6. The molecule has 0 aliphatic carbocycles. The summed E-state index contributed by atoms with van der Waals surface area (Å²) >= 11 is 1.55. The molecule has 3 N–H and O–H groups in total. The number of carbonyl (C=O) groups is 3. The molecule has 0 bridgehead atoms. The summed E-state index contributed by atoms with van der Waals surface area (Å²) in [5, 5.41) is 12.1. The molecular formula is C23H19FN6O4S. The molecule has 0 saturated carbocycles. The molecule has 4 aromatic rings. The first kappa shape index (κ1) is 22.5. The van der Waals surface area contributed by atoms with Crippen LogP contribution in [0.3, 0.4) is 0 Å². The highest BCUT2D eigenvalue weighted by Crippen LogP contribution is 2.28. The summed E-state index contributed by atoms with van der Waals surface area (Å²) in [6, 6.07) is 10.3. The van der Waals surface area contributed by atoms with Crippen LogP contribution in [-0.4, -0.2) is 38.9 Å². The number of aromatic nitrogens is 3. The average Bonchev–Trinajstić information content (AvgIpc) is 3.45. The summed E-state index contributed by atoms with van der Waals surface area (Å²) in [7, 11) is 0. The van der Waals surface area contributed by atoms with Crippen molar-refractivity contribution < 1.29 is 23.5 Å². The fourth-order valence-corrected chi connectivity index (χ4v) is 4.40. The Kier molecular flexibility index (Phi) is 5.87. The molecule has 1 aliphatic rings. The maximum absolute atomic E-state index is 14.3. The van der Waals surface area contributed by atoms with E-state index in [2.05, 4.69) is 26.0 Å². The van der Waals surface area contributed by atoms with Crippen LogP contribution in [0, 0.1) is 12.7 Å². The van der Waals surface area contributed by atoms with Crippen LogP contribution < -0.4 is 20.7 Å². The van der Waals surface area contributed by atoms with Crippen molar-refractivity contribution in [2.75, 3.05) is 11.9 Å². The van der Waals surface area contributed by atoms with Crippen LogP contribution in [0.25, 0.3) is 5.65 Å². The van der Waals surface area contributed by atoms with E-state index in [0.717, 1.165) is 20.5 Å². The highest BCUT2D eigenvalue weighted by molar-refractivity contribution is 7.11. The Morgan fingerprint density at radius 1 is 1.17 bits per heavy atom. The number of benzene rings is 1. The second-order valence-corrected chi connectivity index (χ2v) is 9.17. The number of thiophene rings is 1. The summed E-state index contributed by atoms with van der Waals surface area (Å²) in [6.45, 7) is 2.31. The van der Waals surface area contributed by atoms with Gasteiger partial charge in [-0.15, -0.1) is 11.3 Å². The van der Waals surface area contributed by atoms with Crippen molar-refractivity contribution in [3.8, 4) is 5.75 Å². The number of aryl methyl sites for hydroxylation is 1. The SMILES string of the molecule is Cc1ccc(CNC(=O)c2cc(C(=O)NCc3ccc4c(c3)NC(=O)CO4)nc3c(F)cnn23)s1. The molecule has 0 saturated heterocycles. The first-order chi connectivity index (χ1) is 16.9. The molecule has 0 atom stereocenters. The minimum absolute atomic E-state index is 0.0223. The number of halogens is 1. The third-order valence-electron chi connectivity index (χ3n) is 5.24. The topological polar surface area (TPSA) is 127 Å². The van der Waals surface area contributed by atoms with Gasteiger partial charge in [0.15, 0.2) is 18.1 Å². The number of carbonyl (C=O) groups excluding carboxylic acids is 3. The lowest BCUT2D eigenvalue weighted by molar-refractivity contribution is -0.118. The third-order valence-corrected chi connectivity index (χ3v) is 6.24. The van der Waals surface area contributed by atoms with Gasteiger partial charge in [0.25, 0.3) is 17.7 Å². The van der Waals surface area contributed by atoms with Gasteiger partial charge in [0, 0.05) is 22.4 Å². The van der Waals surface area contributed by atoms with E-state index >= 15 is 0 Å². The third kappa shape index (κ3) is 4.68. The van der Waals surface area contributed by atoms with E-state index in [9.17, 15) is 18.8 Å². The number of fused-ring (bicyclic) bond motifs is 2. The van der Waals surface area contributed by atoms with E-state index in [4.69, 9.17) is 4.74 Å². The minimum Gasteiger partial charge on any atom is -0.482 e. The van der Waals surface area contributed by atoms with Gasteiger partial charge >= 0.3 is 0 Å². The van der Waals surface area contributed by atoms with Crippen molar-refractivity contribution in [3.63, 3.8) is 0 Å². The van der Waals surface area contributed by atoms with Crippen LogP contribution >= 0.6 is 11.3 Å². The summed E-state index contributed by atoms with van der Waals surface area (Å²) in [5.41, 5.74) is 0.815. The highest BCUT2D eigenvalue weighted by atomic mass is 32.1. The zero-order valence-corrected chi connectivity index (χ0v) is 19.2. The number of hydrogen-bond acceptors (Lipinski definition) is 7. The largest absolute Gasteiger partial charge is 0.482 e. The van der Waals surface area contributed by atoms with Gasteiger partial charge in [-0.25, -0.2) is 13.9 Å². The molecule has 5 rings (SSSR count). The molecule has 4 heterocycles. The molecule has 0 unspecified atom stereocenters. The van der Waals surface area contributed by atoms with E-state index in [1.807, 2.05) is 19.1 Å². The van der Waals surface area contributed by atoms with E-state index in [-0.39, 0.29) is 42.6 Å². The van der Waals surface area contributed by atoms with Gasteiger partial charge in [-0.05, 0) is 36.8 Å². The van der Waals surface area contributed by atoms with Crippen LogP contribution in [0.4, 0.5) is 10.1 Å². The predicted octanol–water partition coefficient (Wildman–Crippen LogP) is 2.43. The normalized spacial score (nSPS) is 12.6. The smallest absolute Gasteiger partial charge is 0.270 e. The molecule has 3 amide bonds. The summed E-state index contributed by atoms with van der Waals surface area (Å²) in [6.07, 6.45) is 0.937. The van der Waals surface area contributed by atoms with Crippen LogP contribution in [0.15, 0.2) is 42.6 Å². The van der Waals surface area contributed by atoms with Gasteiger partial charge in [0.05, 0.1) is 18.4 Å². The maximum Gasteiger partial charge on any atom is 0.270 e. The summed E-state index contributed by atoms with van der Waals surface area (Å²) in [4.78, 5) is 43.4. The van der Waals surface area contributed by atoms with Gasteiger partial charge in [0.2, 0.25) is 0 Å². The lowest BCUT2D eigenvalue weighted by atomic mass is 10.1. The van der Waals surface area contributed by atoms with Gasteiger partial charge in [-0.1, -0.05) is 6.07 Å². The van der Waals surface area contributed by atoms with Crippen molar-refractivity contribution in [2.45, 2.75) is 20.0 Å². The second kappa shape index (κ2) is 9.14. The van der Waals surface area contributed by atoms with Crippen LogP contribution in [0.5, 0.6) is 5.75 Å². The Labute approximate surface area is 202 Å². The van der Waals surface area contributed by atoms with Crippen molar-refractivity contribution in [2.24, 2.45) is 0 Å². The lowest BCUT2D eigenvalue weighted by Gasteiger charge is -2.18. The molecule has 1 aromatic carbocycles. The maximum atomic E-state index is 14.3. The van der Waals surface area contributed by atoms with Crippen molar-refractivity contribution in [3.05, 3.63) is 75.1 Å². The van der Waals surface area contributed by atoms with E-state index in [1.165, 1.54) is 6.07 Å². The Hall–Kier alpha value is -4.32. The van der Waals surface area contributed by atoms with Crippen LogP contribution in [0.1, 0.15) is 36.3 Å². The van der Waals surface area contributed by atoms with E-state index < -0.39 is 17.6 Å². The minimum atomic E-state index is -0.756. The van der Waals surface area contributed by atoms with Crippen LogP contribution in [-0.2, 0) is 17.9 Å². The molecule has 178 valence electrons. The number of rotatable bonds is 6. The first-order valence-corrected chi connectivity index (χ1v) is 11.4. The van der Waals surface area contributed by atoms with Gasteiger partial charge in [-0.2, -0.15) is 5.10 Å². The van der Waals surface area contributed by atoms with Crippen LogP contribution in [0.2, 0.25) is 0 Å². The van der Waals surface area contributed by atoms with Crippen molar-refractivity contribution in [1.29, 1.82) is 0 Å². The van der Waals surface area contributed by atoms with Gasteiger partial charge in [0.1, 0.15) is 17.1 Å². The van der Waals surface area contributed by atoms with E-state index in [0.29, 0.717) is 17.0 Å². The number of anilines is 1. The molecule has 35 heavy (non-hydrogen) atoms. The highest BCUT2D eigenvalue weighted by Gasteiger charge is 2.21. The molecule has 0 radical (unpaired) electrons. The average molecular weight is 495 g/mol. The second-order valence-electron chi connectivity index (χ2n) is 7.80. The molecule has 0 fully saturated rings. The Balaban J connectivity index is 1.34.